The number of aliphatic carboxylic acids is 1. The van der Waals surface area contributed by atoms with Crippen LogP contribution in [-0.4, -0.2) is 51.4 Å². The van der Waals surface area contributed by atoms with Crippen molar-refractivity contribution in [1.29, 1.82) is 5.26 Å². The number of hydrogen-bond donors (Lipinski definition) is 3. The largest absolute Gasteiger partial charge is 0.509 e. The normalized spacial score (nSPS) is 19.9. The minimum Gasteiger partial charge on any atom is -0.509 e. The van der Waals surface area contributed by atoms with E-state index in [-0.39, 0.29) is 23.3 Å². The van der Waals surface area contributed by atoms with E-state index in [1.165, 1.54) is 0 Å². The Bertz CT molecular complexity index is 972. The van der Waals surface area contributed by atoms with Crippen molar-refractivity contribution < 1.29 is 24.5 Å². The van der Waals surface area contributed by atoms with Crippen molar-refractivity contribution in [3.8, 4) is 11.8 Å². The Hall–Kier alpha value is -3.80. The third kappa shape index (κ3) is 4.43. The zero-order valence-corrected chi connectivity index (χ0v) is 16.6. The molecule has 0 fully saturated rings. The molecule has 0 bridgehead atoms. The minimum absolute atomic E-state index is 0.0723. The number of carboxylic acids is 1. The van der Waals surface area contributed by atoms with Crippen LogP contribution in [0.1, 0.15) is 19.4 Å². The first-order valence-corrected chi connectivity index (χ1v) is 9.41. The second-order valence-corrected chi connectivity index (χ2v) is 7.21. The van der Waals surface area contributed by atoms with Crippen LogP contribution in [0.15, 0.2) is 53.0 Å². The van der Waals surface area contributed by atoms with Gasteiger partial charge in [0, 0.05) is 6.54 Å². The molecule has 0 radical (unpaired) electrons. The van der Waals surface area contributed by atoms with Gasteiger partial charge >= 0.3 is 5.97 Å². The first-order valence-electron chi connectivity index (χ1n) is 9.41. The van der Waals surface area contributed by atoms with Gasteiger partial charge in [-0.25, -0.2) is 4.99 Å². The van der Waals surface area contributed by atoms with Gasteiger partial charge in [-0.1, -0.05) is 18.2 Å². The molecule has 2 heterocycles. The molecule has 2 atom stereocenters. The highest BCUT2D eigenvalue weighted by molar-refractivity contribution is 6.09. The maximum Gasteiger partial charge on any atom is 0.322 e. The van der Waals surface area contributed by atoms with Gasteiger partial charge in [-0.3, -0.25) is 9.59 Å². The van der Waals surface area contributed by atoms with E-state index in [1.807, 2.05) is 49.1 Å². The molecule has 1 aromatic carbocycles. The molecule has 1 amide bonds. The molecule has 0 saturated carbocycles. The summed E-state index contributed by atoms with van der Waals surface area (Å²) in [6, 6.07) is 9.04. The number of aliphatic imine (C=N–C) groups is 1. The summed E-state index contributed by atoms with van der Waals surface area (Å²) in [7, 11) is 0. The van der Waals surface area contributed by atoms with Crippen LogP contribution in [0.5, 0.6) is 5.75 Å². The Labute approximate surface area is 173 Å². The van der Waals surface area contributed by atoms with Crippen LogP contribution in [-0.2, 0) is 16.1 Å². The van der Waals surface area contributed by atoms with Crippen molar-refractivity contribution in [3.05, 3.63) is 53.6 Å². The zero-order chi connectivity index (χ0) is 21.8. The summed E-state index contributed by atoms with van der Waals surface area (Å²) in [6.45, 7) is 3.75. The van der Waals surface area contributed by atoms with Crippen LogP contribution in [0.2, 0.25) is 0 Å². The van der Waals surface area contributed by atoms with Crippen molar-refractivity contribution in [3.63, 3.8) is 0 Å². The number of aliphatic hydroxyl groups excluding tert-OH is 1. The molecule has 1 aromatic rings. The lowest BCUT2D eigenvalue weighted by Gasteiger charge is -2.31. The summed E-state index contributed by atoms with van der Waals surface area (Å²) < 4.78 is 5.64. The molecule has 9 nitrogen and oxygen atoms in total. The first kappa shape index (κ1) is 20.9. The van der Waals surface area contributed by atoms with Gasteiger partial charge < -0.3 is 25.2 Å². The smallest absolute Gasteiger partial charge is 0.322 e. The first-order chi connectivity index (χ1) is 14.3. The Morgan fingerprint density at radius 3 is 2.63 bits per heavy atom. The summed E-state index contributed by atoms with van der Waals surface area (Å²) in [6.07, 6.45) is 3.54. The summed E-state index contributed by atoms with van der Waals surface area (Å²) in [4.78, 5) is 28.7. The molecule has 2 unspecified atom stereocenters. The molecular formula is C21H22N4O5. The number of hydrogen-bond acceptors (Lipinski definition) is 7. The molecule has 3 rings (SSSR count). The summed E-state index contributed by atoms with van der Waals surface area (Å²) >= 11 is 0. The maximum atomic E-state index is 12.2. The topological polar surface area (TPSA) is 135 Å². The van der Waals surface area contributed by atoms with Gasteiger partial charge in [0.25, 0.3) is 5.91 Å². The number of carbonyl (C=O) groups excluding carboxylic acids is 1. The van der Waals surface area contributed by atoms with E-state index in [2.05, 4.69) is 10.3 Å². The number of carboxylic acid groups (broad SMARTS) is 1. The van der Waals surface area contributed by atoms with E-state index in [0.717, 1.165) is 11.3 Å². The van der Waals surface area contributed by atoms with Gasteiger partial charge in [0.2, 0.25) is 0 Å². The van der Waals surface area contributed by atoms with Crippen LogP contribution in [0.4, 0.5) is 0 Å². The number of carbonyl (C=O) groups is 2. The SMILES string of the molecule is CC(C)Oc1ccc(CN2C=CC3C(O)=C(C(=O)NCC(=O)O)N=C(C#N)C32)cc1. The number of benzene rings is 1. The minimum atomic E-state index is -1.22. The van der Waals surface area contributed by atoms with Gasteiger partial charge in [0.05, 0.1) is 18.1 Å². The highest BCUT2D eigenvalue weighted by atomic mass is 16.5. The fourth-order valence-corrected chi connectivity index (χ4v) is 3.38. The van der Waals surface area contributed by atoms with Crippen molar-refractivity contribution in [1.82, 2.24) is 10.2 Å². The molecule has 9 heteroatoms. The standard InChI is InChI=1S/C21H22N4O5/c1-12(2)30-14-5-3-13(4-6-14)11-25-8-7-15-19(25)16(9-22)24-18(20(15)28)21(29)23-10-17(26)27/h3-8,12,15,19,28H,10-11H2,1-2H3,(H,23,29)(H,26,27). The van der Waals surface area contributed by atoms with E-state index in [4.69, 9.17) is 9.84 Å². The maximum absolute atomic E-state index is 12.2. The second-order valence-electron chi connectivity index (χ2n) is 7.21. The van der Waals surface area contributed by atoms with E-state index >= 15 is 0 Å². The fraction of sp³-hybridized carbons (Fsp3) is 0.333. The lowest BCUT2D eigenvalue weighted by molar-refractivity contribution is -0.137. The summed E-state index contributed by atoms with van der Waals surface area (Å²) in [5, 5.41) is 31.0. The van der Waals surface area contributed by atoms with E-state index < -0.39 is 30.4 Å². The predicted molar refractivity (Wildman–Crippen MR) is 108 cm³/mol. The molecule has 3 N–H and O–H groups in total. The molecule has 30 heavy (non-hydrogen) atoms. The van der Waals surface area contributed by atoms with Crippen molar-refractivity contribution in [2.75, 3.05) is 6.54 Å². The molecule has 0 saturated heterocycles. The molecule has 0 spiro atoms. The predicted octanol–water partition coefficient (Wildman–Crippen LogP) is 1.74. The number of aliphatic hydroxyl groups is 1. The van der Waals surface area contributed by atoms with Gasteiger partial charge in [0.15, 0.2) is 5.70 Å². The summed E-state index contributed by atoms with van der Waals surface area (Å²) in [5.74, 6) is -2.21. The molecule has 156 valence electrons. The van der Waals surface area contributed by atoms with Crippen LogP contribution >= 0.6 is 0 Å². The monoisotopic (exact) mass is 410 g/mol. The van der Waals surface area contributed by atoms with Crippen molar-refractivity contribution >= 4 is 17.6 Å². The van der Waals surface area contributed by atoms with E-state index in [0.29, 0.717) is 6.54 Å². The number of fused-ring (bicyclic) bond motifs is 1. The number of rotatable bonds is 7. The van der Waals surface area contributed by atoms with Gasteiger partial charge in [-0.2, -0.15) is 5.26 Å². The van der Waals surface area contributed by atoms with Crippen LogP contribution < -0.4 is 10.1 Å². The van der Waals surface area contributed by atoms with Crippen molar-refractivity contribution in [2.45, 2.75) is 32.5 Å². The van der Waals surface area contributed by atoms with E-state index in [1.54, 1.807) is 12.3 Å². The molecular weight excluding hydrogens is 388 g/mol. The Balaban J connectivity index is 1.77. The summed E-state index contributed by atoms with van der Waals surface area (Å²) in [5.41, 5.74) is 0.709. The molecule has 2 aliphatic rings. The average molecular weight is 410 g/mol. The second kappa shape index (κ2) is 8.69. The van der Waals surface area contributed by atoms with Crippen LogP contribution in [0.3, 0.4) is 0 Å². The fourth-order valence-electron chi connectivity index (χ4n) is 3.38. The number of ether oxygens (including phenoxy) is 1. The van der Waals surface area contributed by atoms with Crippen molar-refractivity contribution in [2.24, 2.45) is 10.9 Å². The Morgan fingerprint density at radius 2 is 2.03 bits per heavy atom. The number of amides is 1. The molecule has 2 aliphatic heterocycles. The number of nitrogens with zero attached hydrogens (tertiary/aromatic N) is 3. The van der Waals surface area contributed by atoms with Gasteiger partial charge in [-0.05, 0) is 37.7 Å². The third-order valence-corrected chi connectivity index (χ3v) is 4.64. The molecule has 0 aliphatic carbocycles. The highest BCUT2D eigenvalue weighted by Crippen LogP contribution is 2.34. The Morgan fingerprint density at radius 1 is 1.33 bits per heavy atom. The lowest BCUT2D eigenvalue weighted by atomic mass is 9.91. The highest BCUT2D eigenvalue weighted by Gasteiger charge is 2.41. The van der Waals surface area contributed by atoms with Gasteiger partial charge in [0.1, 0.15) is 29.8 Å². The van der Waals surface area contributed by atoms with Crippen LogP contribution in [0, 0.1) is 17.2 Å². The Kier molecular flexibility index (Phi) is 6.06. The van der Waals surface area contributed by atoms with E-state index in [9.17, 15) is 20.0 Å². The third-order valence-electron chi connectivity index (χ3n) is 4.64. The average Bonchev–Trinajstić information content (AvgIpc) is 3.12. The zero-order valence-electron chi connectivity index (χ0n) is 16.6. The lowest BCUT2D eigenvalue weighted by Crippen LogP contribution is -2.43. The number of nitriles is 1. The van der Waals surface area contributed by atoms with Gasteiger partial charge in [-0.15, -0.1) is 0 Å². The number of nitrogens with one attached hydrogen (secondary N) is 1. The quantitative estimate of drug-likeness (QED) is 0.623. The molecule has 0 aromatic heterocycles. The van der Waals surface area contributed by atoms with Crippen LogP contribution in [0.25, 0.3) is 0 Å².